The molecule has 0 amide bonds. The molecule has 0 spiro atoms. The third-order valence-electron chi connectivity index (χ3n) is 2.70. The predicted octanol–water partition coefficient (Wildman–Crippen LogP) is 3.04. The number of hydrogen-bond donors (Lipinski definition) is 1. The summed E-state index contributed by atoms with van der Waals surface area (Å²) in [5, 5.41) is 2.69. The van der Waals surface area contributed by atoms with Gasteiger partial charge in [0.1, 0.15) is 12.1 Å². The van der Waals surface area contributed by atoms with Crippen molar-refractivity contribution < 1.29 is 18.3 Å². The van der Waals surface area contributed by atoms with Gasteiger partial charge in [-0.05, 0) is 6.07 Å². The highest BCUT2D eigenvalue weighted by Crippen LogP contribution is 2.29. The van der Waals surface area contributed by atoms with Gasteiger partial charge in [0.2, 0.25) is 11.8 Å². The summed E-state index contributed by atoms with van der Waals surface area (Å²) in [5.74, 6) is -0.975. The van der Waals surface area contributed by atoms with Crippen molar-refractivity contribution in [1.29, 1.82) is 0 Å². The van der Waals surface area contributed by atoms with Gasteiger partial charge in [0.15, 0.2) is 5.82 Å². The zero-order chi connectivity index (χ0) is 15.4. The molecule has 0 aliphatic rings. The van der Waals surface area contributed by atoms with E-state index in [0.717, 1.165) is 12.1 Å². The zero-order valence-electron chi connectivity index (χ0n) is 11.3. The van der Waals surface area contributed by atoms with E-state index in [0.29, 0.717) is 5.56 Å². The average molecular weight is 316 g/mol. The van der Waals surface area contributed by atoms with E-state index in [1.54, 1.807) is 0 Å². The number of hydrogen-bond acceptors (Lipinski definition) is 5. The normalized spacial score (nSPS) is 10.3. The van der Waals surface area contributed by atoms with Gasteiger partial charge in [-0.3, -0.25) is 0 Å². The molecule has 0 radical (unpaired) electrons. The quantitative estimate of drug-likeness (QED) is 0.919. The standard InChI is InChI=1S/C13H12ClF2N3O2/c1-20-12-8(13(21-2)19-6-18-12)5-17-11-9(14)3-7(15)4-10(11)16/h3-4,6,17H,5H2,1-2H3. The first-order valence-electron chi connectivity index (χ1n) is 5.87. The van der Waals surface area contributed by atoms with Crippen molar-refractivity contribution >= 4 is 17.3 Å². The van der Waals surface area contributed by atoms with E-state index in [2.05, 4.69) is 15.3 Å². The van der Waals surface area contributed by atoms with Crippen LogP contribution in [0.2, 0.25) is 5.02 Å². The van der Waals surface area contributed by atoms with Gasteiger partial charge in [-0.2, -0.15) is 0 Å². The lowest BCUT2D eigenvalue weighted by Gasteiger charge is -2.13. The minimum atomic E-state index is -0.796. The molecule has 0 fully saturated rings. The topological polar surface area (TPSA) is 56.3 Å². The van der Waals surface area contributed by atoms with Crippen LogP contribution in [0.25, 0.3) is 0 Å². The average Bonchev–Trinajstić information content (AvgIpc) is 2.45. The van der Waals surface area contributed by atoms with Crippen LogP contribution in [0.1, 0.15) is 5.56 Å². The highest BCUT2D eigenvalue weighted by molar-refractivity contribution is 6.33. The minimum Gasteiger partial charge on any atom is -0.481 e. The lowest BCUT2D eigenvalue weighted by Crippen LogP contribution is -2.08. The molecule has 0 saturated carbocycles. The van der Waals surface area contributed by atoms with E-state index < -0.39 is 11.6 Å². The predicted molar refractivity (Wildman–Crippen MR) is 73.8 cm³/mol. The largest absolute Gasteiger partial charge is 0.481 e. The second kappa shape index (κ2) is 6.53. The zero-order valence-corrected chi connectivity index (χ0v) is 12.0. The Morgan fingerprint density at radius 2 is 1.76 bits per heavy atom. The van der Waals surface area contributed by atoms with Crippen molar-refractivity contribution in [3.05, 3.63) is 40.7 Å². The summed E-state index contributed by atoms with van der Waals surface area (Å²) in [4.78, 5) is 7.87. The number of rotatable bonds is 5. The molecule has 2 rings (SSSR count). The SMILES string of the molecule is COc1ncnc(OC)c1CNc1c(F)cc(F)cc1Cl. The Morgan fingerprint density at radius 3 is 2.29 bits per heavy atom. The maximum absolute atomic E-state index is 13.7. The van der Waals surface area contributed by atoms with Crippen molar-refractivity contribution in [3.63, 3.8) is 0 Å². The molecular weight excluding hydrogens is 304 g/mol. The number of anilines is 1. The second-order valence-corrected chi connectivity index (χ2v) is 4.38. The van der Waals surface area contributed by atoms with Crippen LogP contribution in [0.15, 0.2) is 18.5 Å². The molecule has 0 saturated heterocycles. The molecular formula is C13H12ClF2N3O2. The van der Waals surface area contributed by atoms with Crippen LogP contribution in [0.3, 0.4) is 0 Å². The van der Waals surface area contributed by atoms with Crippen LogP contribution in [0.4, 0.5) is 14.5 Å². The van der Waals surface area contributed by atoms with E-state index in [9.17, 15) is 8.78 Å². The maximum atomic E-state index is 13.7. The van der Waals surface area contributed by atoms with E-state index >= 15 is 0 Å². The van der Waals surface area contributed by atoms with Crippen molar-refractivity contribution in [2.24, 2.45) is 0 Å². The number of aromatic nitrogens is 2. The highest BCUT2D eigenvalue weighted by Gasteiger charge is 2.15. The minimum absolute atomic E-state index is 0.0222. The molecule has 5 nitrogen and oxygen atoms in total. The van der Waals surface area contributed by atoms with Gasteiger partial charge in [-0.15, -0.1) is 0 Å². The highest BCUT2D eigenvalue weighted by atomic mass is 35.5. The number of nitrogens with zero attached hydrogens (tertiary/aromatic N) is 2. The first kappa shape index (κ1) is 15.2. The van der Waals surface area contributed by atoms with Gasteiger partial charge in [-0.25, -0.2) is 18.7 Å². The van der Waals surface area contributed by atoms with Gasteiger partial charge >= 0.3 is 0 Å². The summed E-state index contributed by atoms with van der Waals surface area (Å²) in [6.07, 6.45) is 1.28. The molecule has 0 aliphatic heterocycles. The van der Waals surface area contributed by atoms with Gasteiger partial charge in [0.05, 0.1) is 37.0 Å². The second-order valence-electron chi connectivity index (χ2n) is 3.97. The Hall–Kier alpha value is -2.15. The number of methoxy groups -OCH3 is 2. The molecule has 0 atom stereocenters. The molecule has 0 unspecified atom stereocenters. The summed E-state index contributed by atoms with van der Waals surface area (Å²) >= 11 is 5.81. The summed E-state index contributed by atoms with van der Waals surface area (Å²) in [6, 6.07) is 1.76. The Labute approximate surface area is 124 Å². The summed E-state index contributed by atoms with van der Waals surface area (Å²) < 4.78 is 36.9. The maximum Gasteiger partial charge on any atom is 0.225 e. The molecule has 2 aromatic rings. The Bertz CT molecular complexity index is 610. The van der Waals surface area contributed by atoms with Crippen LogP contribution in [-0.2, 0) is 6.54 Å². The van der Waals surface area contributed by atoms with Crippen molar-refractivity contribution in [3.8, 4) is 11.8 Å². The molecule has 112 valence electrons. The summed E-state index contributed by atoms with van der Waals surface area (Å²) in [6.45, 7) is 0.0927. The van der Waals surface area contributed by atoms with Gasteiger partial charge < -0.3 is 14.8 Å². The van der Waals surface area contributed by atoms with E-state index in [-0.39, 0.29) is 29.0 Å². The van der Waals surface area contributed by atoms with Crippen LogP contribution >= 0.6 is 11.6 Å². The van der Waals surface area contributed by atoms with E-state index in [4.69, 9.17) is 21.1 Å². The van der Waals surface area contributed by atoms with Gasteiger partial charge in [-0.1, -0.05) is 11.6 Å². The fourth-order valence-electron chi connectivity index (χ4n) is 1.77. The first-order chi connectivity index (χ1) is 10.1. The molecule has 1 aromatic heterocycles. The molecule has 0 aliphatic carbocycles. The Morgan fingerprint density at radius 1 is 1.14 bits per heavy atom. The first-order valence-corrected chi connectivity index (χ1v) is 6.25. The summed E-state index contributed by atoms with van der Waals surface area (Å²) in [5.41, 5.74) is 0.466. The van der Waals surface area contributed by atoms with Crippen LogP contribution in [0.5, 0.6) is 11.8 Å². The van der Waals surface area contributed by atoms with E-state index in [1.807, 2.05) is 0 Å². The van der Waals surface area contributed by atoms with Crippen LogP contribution in [-0.4, -0.2) is 24.2 Å². The lowest BCUT2D eigenvalue weighted by atomic mass is 10.2. The third kappa shape index (κ3) is 3.30. The lowest BCUT2D eigenvalue weighted by molar-refractivity contribution is 0.363. The molecule has 21 heavy (non-hydrogen) atoms. The van der Waals surface area contributed by atoms with Crippen LogP contribution in [0, 0.1) is 11.6 Å². The number of benzene rings is 1. The number of ether oxygens (including phenoxy) is 2. The van der Waals surface area contributed by atoms with Crippen LogP contribution < -0.4 is 14.8 Å². The fraction of sp³-hybridized carbons (Fsp3) is 0.231. The molecule has 8 heteroatoms. The molecule has 1 N–H and O–H groups in total. The van der Waals surface area contributed by atoms with Crippen molar-refractivity contribution in [2.45, 2.75) is 6.54 Å². The van der Waals surface area contributed by atoms with Crippen molar-refractivity contribution in [1.82, 2.24) is 9.97 Å². The number of nitrogens with one attached hydrogen (secondary N) is 1. The fourth-order valence-corrected chi connectivity index (χ4v) is 2.03. The Kier molecular flexibility index (Phi) is 4.74. The molecule has 1 heterocycles. The van der Waals surface area contributed by atoms with E-state index in [1.165, 1.54) is 20.5 Å². The van der Waals surface area contributed by atoms with Gasteiger partial charge in [0, 0.05) is 6.07 Å². The smallest absolute Gasteiger partial charge is 0.225 e. The third-order valence-corrected chi connectivity index (χ3v) is 3.00. The molecule has 1 aromatic carbocycles. The summed E-state index contributed by atoms with van der Waals surface area (Å²) in [7, 11) is 2.88. The van der Waals surface area contributed by atoms with Crippen molar-refractivity contribution in [2.75, 3.05) is 19.5 Å². The Balaban J connectivity index is 2.28. The number of halogens is 3. The molecule has 0 bridgehead atoms. The monoisotopic (exact) mass is 315 g/mol. The van der Waals surface area contributed by atoms with Gasteiger partial charge in [0.25, 0.3) is 0 Å².